The Bertz CT molecular complexity index is 892. The maximum atomic E-state index is 13.0. The number of sulfonamides is 1. The van der Waals surface area contributed by atoms with E-state index in [-0.39, 0.29) is 36.1 Å². The van der Waals surface area contributed by atoms with E-state index in [0.29, 0.717) is 11.5 Å². The molecule has 1 aliphatic rings. The standard InChI is InChI=1S/C23H34N2O5S/c1-6-14-30-20-13-12-17(15-21(20)29-5)18-10-8-9-11-19(18)24-23(26)22(16(3)4)25-31(27,28)7-2/h1,12-13,15-16,18-19,22,25H,7-11,14H2,2-5H3,(H,24,26)/t18-,19+,22-/m0/s1. The van der Waals surface area contributed by atoms with Gasteiger partial charge in [-0.05, 0) is 43.4 Å². The minimum absolute atomic E-state index is 0.0660. The number of ether oxygens (including phenoxy) is 2. The molecule has 1 aromatic carbocycles. The van der Waals surface area contributed by atoms with Crippen LogP contribution in [0.25, 0.3) is 0 Å². The van der Waals surface area contributed by atoms with E-state index in [4.69, 9.17) is 15.9 Å². The lowest BCUT2D eigenvalue weighted by molar-refractivity contribution is -0.124. The van der Waals surface area contributed by atoms with Gasteiger partial charge in [-0.3, -0.25) is 4.79 Å². The highest BCUT2D eigenvalue weighted by Gasteiger charge is 2.33. The Morgan fingerprint density at radius 1 is 1.26 bits per heavy atom. The molecule has 1 amide bonds. The summed E-state index contributed by atoms with van der Waals surface area (Å²) in [5, 5.41) is 3.12. The zero-order valence-corrected chi connectivity index (χ0v) is 19.6. The zero-order valence-electron chi connectivity index (χ0n) is 18.8. The van der Waals surface area contributed by atoms with Crippen LogP contribution in [-0.2, 0) is 14.8 Å². The molecule has 0 bridgehead atoms. The summed E-state index contributed by atoms with van der Waals surface area (Å²) >= 11 is 0. The average Bonchev–Trinajstić information content (AvgIpc) is 2.76. The van der Waals surface area contributed by atoms with Crippen molar-refractivity contribution in [1.82, 2.24) is 10.0 Å². The molecule has 0 spiro atoms. The number of carbonyl (C=O) groups is 1. The van der Waals surface area contributed by atoms with Crippen LogP contribution in [-0.4, -0.2) is 45.9 Å². The number of hydrogen-bond donors (Lipinski definition) is 2. The van der Waals surface area contributed by atoms with Crippen molar-refractivity contribution in [2.45, 2.75) is 64.5 Å². The van der Waals surface area contributed by atoms with Gasteiger partial charge in [0.2, 0.25) is 15.9 Å². The fraction of sp³-hybridized carbons (Fsp3) is 0.609. The molecule has 7 nitrogen and oxygen atoms in total. The number of terminal acetylenes is 1. The number of benzene rings is 1. The Morgan fingerprint density at radius 3 is 2.58 bits per heavy atom. The summed E-state index contributed by atoms with van der Waals surface area (Å²) in [6.45, 7) is 5.38. The molecular weight excluding hydrogens is 416 g/mol. The summed E-state index contributed by atoms with van der Waals surface area (Å²) in [5.74, 6) is 3.19. The van der Waals surface area contributed by atoms with E-state index in [0.717, 1.165) is 31.2 Å². The first-order chi connectivity index (χ1) is 14.7. The molecule has 0 radical (unpaired) electrons. The van der Waals surface area contributed by atoms with Crippen LogP contribution in [0.4, 0.5) is 0 Å². The summed E-state index contributed by atoms with van der Waals surface area (Å²) < 4.78 is 37.6. The molecule has 3 atom stereocenters. The van der Waals surface area contributed by atoms with Crippen molar-refractivity contribution in [3.8, 4) is 23.8 Å². The summed E-state index contributed by atoms with van der Waals surface area (Å²) in [6.07, 6.45) is 9.10. The quantitative estimate of drug-likeness (QED) is 0.535. The monoisotopic (exact) mass is 450 g/mol. The van der Waals surface area contributed by atoms with E-state index >= 15 is 0 Å². The molecule has 2 N–H and O–H groups in total. The fourth-order valence-corrected chi connectivity index (χ4v) is 4.83. The van der Waals surface area contributed by atoms with Crippen LogP contribution in [0, 0.1) is 18.3 Å². The Kier molecular flexibility index (Phi) is 9.20. The van der Waals surface area contributed by atoms with Crippen molar-refractivity contribution >= 4 is 15.9 Å². The second-order valence-electron chi connectivity index (χ2n) is 8.15. The number of carbonyl (C=O) groups excluding carboxylic acids is 1. The van der Waals surface area contributed by atoms with Crippen LogP contribution >= 0.6 is 0 Å². The first-order valence-electron chi connectivity index (χ1n) is 10.8. The topological polar surface area (TPSA) is 93.7 Å². The van der Waals surface area contributed by atoms with Crippen LogP contribution in [0.2, 0.25) is 0 Å². The molecule has 1 aliphatic carbocycles. The van der Waals surface area contributed by atoms with Crippen molar-refractivity contribution in [2.75, 3.05) is 19.5 Å². The summed E-state index contributed by atoms with van der Waals surface area (Å²) in [4.78, 5) is 13.0. The third kappa shape index (κ3) is 6.88. The lowest BCUT2D eigenvalue weighted by Gasteiger charge is -2.34. The Labute approximate surface area is 186 Å². The number of rotatable bonds is 10. The van der Waals surface area contributed by atoms with Crippen molar-refractivity contribution in [1.29, 1.82) is 0 Å². The number of methoxy groups -OCH3 is 1. The van der Waals surface area contributed by atoms with Gasteiger partial charge in [0, 0.05) is 12.0 Å². The van der Waals surface area contributed by atoms with E-state index in [2.05, 4.69) is 16.0 Å². The van der Waals surface area contributed by atoms with E-state index in [1.165, 1.54) is 0 Å². The highest BCUT2D eigenvalue weighted by molar-refractivity contribution is 7.89. The van der Waals surface area contributed by atoms with Crippen molar-refractivity contribution in [3.63, 3.8) is 0 Å². The van der Waals surface area contributed by atoms with Crippen LogP contribution < -0.4 is 19.5 Å². The molecule has 0 heterocycles. The second-order valence-corrected chi connectivity index (χ2v) is 10.2. The van der Waals surface area contributed by atoms with Crippen LogP contribution in [0.5, 0.6) is 11.5 Å². The molecule has 2 rings (SSSR count). The SMILES string of the molecule is C#CCOc1ccc([C@@H]2CCCC[C@H]2NC(=O)[C@@H](NS(=O)(=O)CC)C(C)C)cc1OC. The molecular formula is C23H34N2O5S. The van der Waals surface area contributed by atoms with Gasteiger partial charge in [0.1, 0.15) is 12.6 Å². The average molecular weight is 451 g/mol. The van der Waals surface area contributed by atoms with Crippen molar-refractivity contribution in [2.24, 2.45) is 5.92 Å². The maximum Gasteiger partial charge on any atom is 0.238 e. The van der Waals surface area contributed by atoms with Gasteiger partial charge in [0.15, 0.2) is 11.5 Å². The molecule has 31 heavy (non-hydrogen) atoms. The third-order valence-electron chi connectivity index (χ3n) is 5.66. The Hall–Kier alpha value is -2.24. The van der Waals surface area contributed by atoms with Gasteiger partial charge >= 0.3 is 0 Å². The number of amides is 1. The van der Waals surface area contributed by atoms with Crippen LogP contribution in [0.15, 0.2) is 18.2 Å². The van der Waals surface area contributed by atoms with Gasteiger partial charge < -0.3 is 14.8 Å². The Balaban J connectivity index is 2.22. The second kappa shape index (κ2) is 11.4. The van der Waals surface area contributed by atoms with Crippen molar-refractivity contribution < 1.29 is 22.7 Å². The minimum Gasteiger partial charge on any atom is -0.493 e. The smallest absolute Gasteiger partial charge is 0.238 e. The number of hydrogen-bond acceptors (Lipinski definition) is 5. The van der Waals surface area contributed by atoms with Gasteiger partial charge in [-0.15, -0.1) is 6.42 Å². The van der Waals surface area contributed by atoms with Crippen LogP contribution in [0.1, 0.15) is 57.9 Å². The van der Waals surface area contributed by atoms with Gasteiger partial charge in [-0.25, -0.2) is 13.1 Å². The number of nitrogens with one attached hydrogen (secondary N) is 2. The van der Waals surface area contributed by atoms with Gasteiger partial charge in [0.05, 0.1) is 12.9 Å². The van der Waals surface area contributed by atoms with Crippen LogP contribution in [0.3, 0.4) is 0 Å². The van der Waals surface area contributed by atoms with Crippen molar-refractivity contribution in [3.05, 3.63) is 23.8 Å². The van der Waals surface area contributed by atoms with E-state index in [1.807, 2.05) is 32.0 Å². The first-order valence-corrected chi connectivity index (χ1v) is 12.4. The van der Waals surface area contributed by atoms with Gasteiger partial charge in [0.25, 0.3) is 0 Å². The molecule has 0 unspecified atom stereocenters. The normalized spacial score (nSPS) is 20.0. The molecule has 8 heteroatoms. The molecule has 1 saturated carbocycles. The van der Waals surface area contributed by atoms with E-state index in [1.54, 1.807) is 14.0 Å². The van der Waals surface area contributed by atoms with Gasteiger partial charge in [-0.1, -0.05) is 38.7 Å². The summed E-state index contributed by atoms with van der Waals surface area (Å²) in [5.41, 5.74) is 1.05. The Morgan fingerprint density at radius 2 is 1.97 bits per heavy atom. The predicted octanol–water partition coefficient (Wildman–Crippen LogP) is 2.81. The summed E-state index contributed by atoms with van der Waals surface area (Å²) in [6, 6.07) is 4.85. The minimum atomic E-state index is -3.49. The molecule has 172 valence electrons. The zero-order chi connectivity index (χ0) is 23.0. The molecule has 1 aromatic rings. The maximum absolute atomic E-state index is 13.0. The molecule has 1 fully saturated rings. The first kappa shape index (κ1) is 25.0. The molecule has 0 saturated heterocycles. The largest absolute Gasteiger partial charge is 0.493 e. The van der Waals surface area contributed by atoms with E-state index in [9.17, 15) is 13.2 Å². The lowest BCUT2D eigenvalue weighted by atomic mass is 9.79. The van der Waals surface area contributed by atoms with Gasteiger partial charge in [-0.2, -0.15) is 0 Å². The highest BCUT2D eigenvalue weighted by atomic mass is 32.2. The predicted molar refractivity (Wildman–Crippen MR) is 122 cm³/mol. The van der Waals surface area contributed by atoms with E-state index < -0.39 is 16.1 Å². The highest BCUT2D eigenvalue weighted by Crippen LogP contribution is 2.37. The molecule has 0 aliphatic heterocycles. The summed E-state index contributed by atoms with van der Waals surface area (Å²) in [7, 11) is -1.91. The lowest BCUT2D eigenvalue weighted by Crippen LogP contribution is -2.53. The third-order valence-corrected chi connectivity index (χ3v) is 7.03. The molecule has 0 aromatic heterocycles. The fourth-order valence-electron chi connectivity index (χ4n) is 3.90.